The van der Waals surface area contributed by atoms with Crippen molar-refractivity contribution in [3.8, 4) is 0 Å². The lowest BCUT2D eigenvalue weighted by Crippen LogP contribution is -2.16. The molecule has 1 rings (SSSR count). The van der Waals surface area contributed by atoms with E-state index in [0.717, 1.165) is 19.3 Å². The van der Waals surface area contributed by atoms with E-state index in [0.29, 0.717) is 11.4 Å². The molecule has 3 nitrogen and oxygen atoms in total. The van der Waals surface area contributed by atoms with Crippen molar-refractivity contribution in [1.29, 1.82) is 0 Å². The number of rotatable bonds is 6. The van der Waals surface area contributed by atoms with Crippen LogP contribution < -0.4 is 10.6 Å². The van der Waals surface area contributed by atoms with Gasteiger partial charge in [-0.3, -0.25) is 4.79 Å². The van der Waals surface area contributed by atoms with Crippen LogP contribution >= 0.6 is 0 Å². The lowest BCUT2D eigenvalue weighted by molar-refractivity contribution is -0.114. The second-order valence-electron chi connectivity index (χ2n) is 4.56. The summed E-state index contributed by atoms with van der Waals surface area (Å²) in [6, 6.07) is 4.75. The highest BCUT2D eigenvalue weighted by atomic mass is 19.1. The second kappa shape index (κ2) is 6.99. The van der Waals surface area contributed by atoms with Gasteiger partial charge in [-0.1, -0.05) is 19.8 Å². The summed E-state index contributed by atoms with van der Waals surface area (Å²) in [6.07, 6.45) is 3.24. The molecule has 18 heavy (non-hydrogen) atoms. The summed E-state index contributed by atoms with van der Waals surface area (Å²) in [7, 11) is 0. The molecule has 1 amide bonds. The van der Waals surface area contributed by atoms with Crippen molar-refractivity contribution < 1.29 is 9.18 Å². The zero-order valence-electron chi connectivity index (χ0n) is 11.2. The highest BCUT2D eigenvalue weighted by Gasteiger charge is 2.07. The van der Waals surface area contributed by atoms with Crippen LogP contribution in [0, 0.1) is 5.82 Å². The first-order valence-corrected chi connectivity index (χ1v) is 6.36. The molecule has 0 spiro atoms. The van der Waals surface area contributed by atoms with Crippen molar-refractivity contribution in [1.82, 2.24) is 0 Å². The zero-order chi connectivity index (χ0) is 13.5. The maximum Gasteiger partial charge on any atom is 0.221 e. The Balaban J connectivity index is 2.71. The fourth-order valence-electron chi connectivity index (χ4n) is 1.76. The Kier molecular flexibility index (Phi) is 5.62. The van der Waals surface area contributed by atoms with Crippen molar-refractivity contribution in [3.63, 3.8) is 0 Å². The first kappa shape index (κ1) is 14.5. The SMILES string of the molecule is CCCCC(C)Nc1cc(NC(C)=O)ccc1F. The Bertz CT molecular complexity index is 407. The van der Waals surface area contributed by atoms with Gasteiger partial charge in [0.05, 0.1) is 5.69 Å². The van der Waals surface area contributed by atoms with Crippen molar-refractivity contribution in [2.75, 3.05) is 10.6 Å². The largest absolute Gasteiger partial charge is 0.380 e. The van der Waals surface area contributed by atoms with Gasteiger partial charge in [0, 0.05) is 18.7 Å². The maximum atomic E-state index is 13.6. The van der Waals surface area contributed by atoms with Crippen LogP contribution in [-0.4, -0.2) is 11.9 Å². The summed E-state index contributed by atoms with van der Waals surface area (Å²) in [6.45, 7) is 5.59. The molecule has 1 atom stereocenters. The van der Waals surface area contributed by atoms with Gasteiger partial charge in [0.2, 0.25) is 5.91 Å². The van der Waals surface area contributed by atoms with Crippen molar-refractivity contribution in [3.05, 3.63) is 24.0 Å². The Labute approximate surface area is 108 Å². The average Bonchev–Trinajstić information content (AvgIpc) is 2.30. The smallest absolute Gasteiger partial charge is 0.221 e. The normalized spacial score (nSPS) is 12.0. The van der Waals surface area contributed by atoms with E-state index in [1.54, 1.807) is 12.1 Å². The molecule has 0 aliphatic rings. The average molecular weight is 252 g/mol. The van der Waals surface area contributed by atoms with Crippen LogP contribution in [0.5, 0.6) is 0 Å². The van der Waals surface area contributed by atoms with Gasteiger partial charge in [-0.15, -0.1) is 0 Å². The number of benzene rings is 1. The molecule has 0 fully saturated rings. The lowest BCUT2D eigenvalue weighted by atomic mass is 10.1. The summed E-state index contributed by atoms with van der Waals surface area (Å²) < 4.78 is 13.6. The Morgan fingerprint density at radius 1 is 1.44 bits per heavy atom. The number of carbonyl (C=O) groups is 1. The van der Waals surface area contributed by atoms with Crippen LogP contribution in [0.25, 0.3) is 0 Å². The number of anilines is 2. The van der Waals surface area contributed by atoms with E-state index >= 15 is 0 Å². The third-order valence-corrected chi connectivity index (χ3v) is 2.68. The number of hydrogen-bond donors (Lipinski definition) is 2. The first-order chi connectivity index (χ1) is 8.52. The van der Waals surface area contributed by atoms with Gasteiger partial charge < -0.3 is 10.6 Å². The third kappa shape index (κ3) is 4.73. The Morgan fingerprint density at radius 2 is 2.17 bits per heavy atom. The molecule has 0 saturated heterocycles. The van der Waals surface area contributed by atoms with Crippen LogP contribution in [-0.2, 0) is 4.79 Å². The van der Waals surface area contributed by atoms with Crippen LogP contribution in [0.1, 0.15) is 40.0 Å². The van der Waals surface area contributed by atoms with Gasteiger partial charge in [-0.05, 0) is 31.5 Å². The van der Waals surface area contributed by atoms with Crippen LogP contribution in [0.3, 0.4) is 0 Å². The summed E-state index contributed by atoms with van der Waals surface area (Å²) in [5, 5.41) is 5.78. The number of halogens is 1. The van der Waals surface area contributed by atoms with E-state index in [-0.39, 0.29) is 17.8 Å². The predicted molar refractivity (Wildman–Crippen MR) is 73.3 cm³/mol. The minimum Gasteiger partial charge on any atom is -0.380 e. The summed E-state index contributed by atoms with van der Waals surface area (Å²) in [5.41, 5.74) is 1.04. The summed E-state index contributed by atoms with van der Waals surface area (Å²) >= 11 is 0. The molecule has 0 radical (unpaired) electrons. The van der Waals surface area contributed by atoms with Gasteiger partial charge >= 0.3 is 0 Å². The maximum absolute atomic E-state index is 13.6. The molecular weight excluding hydrogens is 231 g/mol. The number of hydrogen-bond acceptors (Lipinski definition) is 2. The van der Waals surface area contributed by atoms with Gasteiger partial charge in [-0.2, -0.15) is 0 Å². The molecular formula is C14H21FN2O. The van der Waals surface area contributed by atoms with Crippen LogP contribution in [0.4, 0.5) is 15.8 Å². The van der Waals surface area contributed by atoms with Crippen LogP contribution in [0.15, 0.2) is 18.2 Å². The topological polar surface area (TPSA) is 41.1 Å². The highest BCUT2D eigenvalue weighted by molar-refractivity contribution is 5.89. The van der Waals surface area contributed by atoms with Crippen molar-refractivity contribution >= 4 is 17.3 Å². The molecule has 4 heteroatoms. The molecule has 0 aliphatic heterocycles. The third-order valence-electron chi connectivity index (χ3n) is 2.68. The Morgan fingerprint density at radius 3 is 2.78 bits per heavy atom. The molecule has 0 bridgehead atoms. The van der Waals surface area contributed by atoms with E-state index in [2.05, 4.69) is 17.6 Å². The van der Waals surface area contributed by atoms with Gasteiger partial charge in [0.15, 0.2) is 0 Å². The van der Waals surface area contributed by atoms with Gasteiger partial charge in [-0.25, -0.2) is 4.39 Å². The molecule has 1 unspecified atom stereocenters. The second-order valence-corrected chi connectivity index (χ2v) is 4.56. The molecule has 1 aromatic carbocycles. The fourth-order valence-corrected chi connectivity index (χ4v) is 1.76. The first-order valence-electron chi connectivity index (χ1n) is 6.36. The van der Waals surface area contributed by atoms with E-state index < -0.39 is 0 Å². The van der Waals surface area contributed by atoms with E-state index in [9.17, 15) is 9.18 Å². The van der Waals surface area contributed by atoms with Crippen molar-refractivity contribution in [2.45, 2.75) is 46.1 Å². The number of unbranched alkanes of at least 4 members (excludes halogenated alkanes) is 1. The standard InChI is InChI=1S/C14H21FN2O/c1-4-5-6-10(2)16-14-9-12(17-11(3)18)7-8-13(14)15/h7-10,16H,4-6H2,1-3H3,(H,17,18). The highest BCUT2D eigenvalue weighted by Crippen LogP contribution is 2.21. The molecule has 0 saturated carbocycles. The lowest BCUT2D eigenvalue weighted by Gasteiger charge is -2.16. The summed E-state index contributed by atoms with van der Waals surface area (Å²) in [5.74, 6) is -0.459. The van der Waals surface area contributed by atoms with Gasteiger partial charge in [0.1, 0.15) is 5.82 Å². The predicted octanol–water partition coefficient (Wildman–Crippen LogP) is 3.77. The van der Waals surface area contributed by atoms with E-state index in [1.807, 2.05) is 6.92 Å². The van der Waals surface area contributed by atoms with Crippen molar-refractivity contribution in [2.24, 2.45) is 0 Å². The Hall–Kier alpha value is -1.58. The van der Waals surface area contributed by atoms with E-state index in [4.69, 9.17) is 0 Å². The molecule has 1 aromatic rings. The van der Waals surface area contributed by atoms with Crippen LogP contribution in [0.2, 0.25) is 0 Å². The molecule has 2 N–H and O–H groups in total. The molecule has 0 heterocycles. The number of amides is 1. The molecule has 0 aromatic heterocycles. The number of carbonyl (C=O) groups excluding carboxylic acids is 1. The minimum atomic E-state index is -0.299. The number of nitrogens with one attached hydrogen (secondary N) is 2. The van der Waals surface area contributed by atoms with E-state index in [1.165, 1.54) is 13.0 Å². The molecule has 100 valence electrons. The quantitative estimate of drug-likeness (QED) is 0.809. The minimum absolute atomic E-state index is 0.161. The summed E-state index contributed by atoms with van der Waals surface area (Å²) in [4.78, 5) is 10.9. The monoisotopic (exact) mass is 252 g/mol. The van der Waals surface area contributed by atoms with Gasteiger partial charge in [0.25, 0.3) is 0 Å². The zero-order valence-corrected chi connectivity index (χ0v) is 11.2. The fraction of sp³-hybridized carbons (Fsp3) is 0.500. The molecule has 0 aliphatic carbocycles.